The summed E-state index contributed by atoms with van der Waals surface area (Å²) in [4.78, 5) is 12.6. The lowest BCUT2D eigenvalue weighted by molar-refractivity contribution is 0.0101. The van der Waals surface area contributed by atoms with Crippen molar-refractivity contribution in [1.82, 2.24) is 20.3 Å². The lowest BCUT2D eigenvalue weighted by atomic mass is 9.90. The Labute approximate surface area is 124 Å². The zero-order valence-corrected chi connectivity index (χ0v) is 12.3. The molecule has 5 heteroatoms. The molecule has 2 aromatic rings. The molecule has 2 fully saturated rings. The van der Waals surface area contributed by atoms with Crippen molar-refractivity contribution in [2.24, 2.45) is 0 Å². The highest BCUT2D eigenvalue weighted by Gasteiger charge is 2.23. The molecule has 0 aliphatic carbocycles. The van der Waals surface area contributed by atoms with Crippen LogP contribution in [-0.2, 0) is 4.74 Å². The van der Waals surface area contributed by atoms with Crippen LogP contribution in [0.25, 0.3) is 11.2 Å². The van der Waals surface area contributed by atoms with Crippen molar-refractivity contribution in [2.75, 3.05) is 19.7 Å². The van der Waals surface area contributed by atoms with Gasteiger partial charge in [0.2, 0.25) is 0 Å². The number of aromatic amines is 1. The van der Waals surface area contributed by atoms with Gasteiger partial charge < -0.3 is 15.0 Å². The second kappa shape index (κ2) is 5.73. The monoisotopic (exact) mass is 286 g/mol. The first-order valence-electron chi connectivity index (χ1n) is 8.08. The number of aromatic nitrogens is 3. The van der Waals surface area contributed by atoms with Crippen LogP contribution in [0.4, 0.5) is 0 Å². The molecule has 0 saturated carbocycles. The molecule has 21 heavy (non-hydrogen) atoms. The molecule has 112 valence electrons. The van der Waals surface area contributed by atoms with Crippen molar-refractivity contribution in [2.45, 2.75) is 44.1 Å². The summed E-state index contributed by atoms with van der Waals surface area (Å²) in [6, 6.07) is 2.15. The van der Waals surface area contributed by atoms with Gasteiger partial charge in [-0.3, -0.25) is 0 Å². The van der Waals surface area contributed by atoms with Crippen molar-refractivity contribution in [3.63, 3.8) is 0 Å². The normalized spacial score (nSPS) is 24.5. The van der Waals surface area contributed by atoms with Crippen molar-refractivity contribution < 1.29 is 4.74 Å². The van der Waals surface area contributed by atoms with Crippen LogP contribution >= 0.6 is 0 Å². The van der Waals surface area contributed by atoms with Crippen LogP contribution in [0.3, 0.4) is 0 Å². The number of nitrogens with one attached hydrogen (secondary N) is 2. The first kappa shape index (κ1) is 13.2. The number of nitrogens with zero attached hydrogens (tertiary/aromatic N) is 2. The molecule has 4 heterocycles. The minimum absolute atomic E-state index is 0.119. The molecule has 2 aliphatic rings. The largest absolute Gasteiger partial charge is 0.370 e. The Morgan fingerprint density at radius 2 is 2.05 bits per heavy atom. The number of imidazole rings is 1. The van der Waals surface area contributed by atoms with Crippen LogP contribution in [0.15, 0.2) is 12.3 Å². The first-order chi connectivity index (χ1) is 10.4. The molecule has 0 spiro atoms. The summed E-state index contributed by atoms with van der Waals surface area (Å²) in [6.07, 6.45) is 7.83. The van der Waals surface area contributed by atoms with E-state index in [1.807, 2.05) is 6.20 Å². The third kappa shape index (κ3) is 2.56. The molecule has 2 N–H and O–H groups in total. The van der Waals surface area contributed by atoms with Gasteiger partial charge in [-0.2, -0.15) is 0 Å². The molecule has 0 amide bonds. The maximum absolute atomic E-state index is 5.85. The fourth-order valence-electron chi connectivity index (χ4n) is 3.53. The van der Waals surface area contributed by atoms with Gasteiger partial charge in [0.25, 0.3) is 0 Å². The molecule has 0 aromatic carbocycles. The second-order valence-corrected chi connectivity index (χ2v) is 6.10. The van der Waals surface area contributed by atoms with Crippen molar-refractivity contribution in [3.8, 4) is 0 Å². The number of ether oxygens (including phenoxy) is 1. The van der Waals surface area contributed by atoms with Gasteiger partial charge in [-0.15, -0.1) is 0 Å². The molecular formula is C16H22N4O. The van der Waals surface area contributed by atoms with Gasteiger partial charge in [-0.25, -0.2) is 9.97 Å². The van der Waals surface area contributed by atoms with E-state index >= 15 is 0 Å². The van der Waals surface area contributed by atoms with E-state index in [9.17, 15) is 0 Å². The fourth-order valence-corrected chi connectivity index (χ4v) is 3.53. The first-order valence-corrected chi connectivity index (χ1v) is 8.08. The highest BCUT2D eigenvalue weighted by Crippen LogP contribution is 2.32. The summed E-state index contributed by atoms with van der Waals surface area (Å²) in [5.74, 6) is 1.57. The van der Waals surface area contributed by atoms with Crippen LogP contribution in [0, 0.1) is 0 Å². The summed E-state index contributed by atoms with van der Waals surface area (Å²) in [6.45, 7) is 3.04. The van der Waals surface area contributed by atoms with E-state index in [2.05, 4.69) is 26.3 Å². The lowest BCUT2D eigenvalue weighted by Crippen LogP contribution is -2.26. The number of pyridine rings is 1. The number of fused-ring (bicyclic) bond motifs is 1. The molecule has 0 unspecified atom stereocenters. The van der Waals surface area contributed by atoms with Gasteiger partial charge in [0.15, 0.2) is 5.65 Å². The molecule has 2 aromatic heterocycles. The number of hydrogen-bond donors (Lipinski definition) is 2. The number of rotatable bonds is 2. The Morgan fingerprint density at radius 1 is 1.14 bits per heavy atom. The summed E-state index contributed by atoms with van der Waals surface area (Å²) >= 11 is 0. The van der Waals surface area contributed by atoms with Crippen LogP contribution in [0.1, 0.15) is 55.5 Å². The minimum Gasteiger partial charge on any atom is -0.370 e. The molecule has 0 bridgehead atoms. The second-order valence-electron chi connectivity index (χ2n) is 6.10. The van der Waals surface area contributed by atoms with Gasteiger partial charge in [0.1, 0.15) is 11.9 Å². The van der Waals surface area contributed by atoms with E-state index in [0.29, 0.717) is 5.92 Å². The molecule has 2 saturated heterocycles. The van der Waals surface area contributed by atoms with Gasteiger partial charge >= 0.3 is 0 Å². The number of piperidine rings is 1. The van der Waals surface area contributed by atoms with E-state index in [0.717, 1.165) is 49.5 Å². The van der Waals surface area contributed by atoms with Crippen LogP contribution in [-0.4, -0.2) is 34.6 Å². The molecule has 5 nitrogen and oxygen atoms in total. The van der Waals surface area contributed by atoms with E-state index in [4.69, 9.17) is 4.74 Å². The maximum Gasteiger partial charge on any atom is 0.178 e. The third-order valence-electron chi connectivity index (χ3n) is 4.71. The van der Waals surface area contributed by atoms with E-state index in [1.165, 1.54) is 24.8 Å². The van der Waals surface area contributed by atoms with E-state index in [-0.39, 0.29) is 6.10 Å². The molecule has 1 atom stereocenters. The average Bonchev–Trinajstić information content (AvgIpc) is 3.00. The third-order valence-corrected chi connectivity index (χ3v) is 4.71. The van der Waals surface area contributed by atoms with Crippen LogP contribution in [0.2, 0.25) is 0 Å². The van der Waals surface area contributed by atoms with Crippen molar-refractivity contribution in [3.05, 3.63) is 23.7 Å². The standard InChI is InChI=1S/C16H22N4O/c1-2-10-21-13(3-1)15-19-14-12(6-9-18-16(14)20-15)11-4-7-17-8-5-11/h6,9,11,13,17H,1-5,7-8,10H2,(H,18,19,20)/t13-/m1/s1. The summed E-state index contributed by atoms with van der Waals surface area (Å²) in [7, 11) is 0. The zero-order valence-electron chi connectivity index (χ0n) is 12.3. The Hall–Kier alpha value is -1.46. The lowest BCUT2D eigenvalue weighted by Gasteiger charge is -2.23. The van der Waals surface area contributed by atoms with E-state index < -0.39 is 0 Å². The summed E-state index contributed by atoms with van der Waals surface area (Å²) < 4.78 is 5.85. The molecule has 2 aliphatic heterocycles. The SMILES string of the molecule is c1cc(C2CCNCC2)c2[nH]c([C@H]3CCCCO3)nc2n1. The number of hydrogen-bond acceptors (Lipinski definition) is 4. The highest BCUT2D eigenvalue weighted by molar-refractivity contribution is 5.75. The van der Waals surface area contributed by atoms with Crippen molar-refractivity contribution >= 4 is 11.2 Å². The summed E-state index contributed by atoms with van der Waals surface area (Å²) in [5, 5.41) is 3.43. The molecular weight excluding hydrogens is 264 g/mol. The minimum atomic E-state index is 0.119. The van der Waals surface area contributed by atoms with Crippen LogP contribution in [0.5, 0.6) is 0 Å². The quantitative estimate of drug-likeness (QED) is 0.891. The fraction of sp³-hybridized carbons (Fsp3) is 0.625. The molecule has 0 radical (unpaired) electrons. The smallest absolute Gasteiger partial charge is 0.178 e. The molecule has 4 rings (SSSR count). The zero-order chi connectivity index (χ0) is 14.1. The predicted octanol–water partition coefficient (Wildman–Crippen LogP) is 2.67. The average molecular weight is 286 g/mol. The Morgan fingerprint density at radius 3 is 2.86 bits per heavy atom. The Bertz CT molecular complexity index is 612. The highest BCUT2D eigenvalue weighted by atomic mass is 16.5. The topological polar surface area (TPSA) is 62.8 Å². The van der Waals surface area contributed by atoms with Gasteiger partial charge in [-0.1, -0.05) is 0 Å². The summed E-state index contributed by atoms with van der Waals surface area (Å²) in [5.41, 5.74) is 3.33. The Balaban J connectivity index is 1.69. The predicted molar refractivity (Wildman–Crippen MR) is 81.3 cm³/mol. The van der Waals surface area contributed by atoms with Crippen molar-refractivity contribution in [1.29, 1.82) is 0 Å². The van der Waals surface area contributed by atoms with Gasteiger partial charge in [-0.05, 0) is 62.7 Å². The van der Waals surface area contributed by atoms with Gasteiger partial charge in [0, 0.05) is 12.8 Å². The Kier molecular flexibility index (Phi) is 3.61. The number of H-pyrrole nitrogens is 1. The van der Waals surface area contributed by atoms with E-state index in [1.54, 1.807) is 0 Å². The maximum atomic E-state index is 5.85. The van der Waals surface area contributed by atoms with Gasteiger partial charge in [0.05, 0.1) is 5.52 Å². The van der Waals surface area contributed by atoms with Crippen LogP contribution < -0.4 is 5.32 Å².